The van der Waals surface area contributed by atoms with E-state index in [-0.39, 0.29) is 10.9 Å². The highest BCUT2D eigenvalue weighted by Crippen LogP contribution is 2.21. The first-order valence-electron chi connectivity index (χ1n) is 6.76. The fourth-order valence-corrected chi connectivity index (χ4v) is 2.34. The average molecular weight is 321 g/mol. The Hall–Kier alpha value is -2.19. The summed E-state index contributed by atoms with van der Waals surface area (Å²) in [4.78, 5) is 8.63. The summed E-state index contributed by atoms with van der Waals surface area (Å²) in [6.45, 7) is 5.85. The van der Waals surface area contributed by atoms with Crippen LogP contribution in [-0.4, -0.2) is 24.4 Å². The van der Waals surface area contributed by atoms with Crippen LogP contribution in [-0.2, 0) is 10.0 Å². The summed E-state index contributed by atoms with van der Waals surface area (Å²) in [6, 6.07) is 6.48. The van der Waals surface area contributed by atoms with Gasteiger partial charge in [-0.1, -0.05) is 6.07 Å². The summed E-state index contributed by atoms with van der Waals surface area (Å²) < 4.78 is 22.8. The first kappa shape index (κ1) is 16.2. The van der Waals surface area contributed by atoms with E-state index in [0.29, 0.717) is 17.5 Å². The Balaban J connectivity index is 2.31. The second kappa shape index (κ2) is 6.29. The maximum Gasteiger partial charge on any atom is 0.238 e. The Morgan fingerprint density at radius 1 is 1.27 bits per heavy atom. The molecular weight excluding hydrogens is 302 g/mol. The van der Waals surface area contributed by atoms with Crippen molar-refractivity contribution < 1.29 is 8.42 Å². The van der Waals surface area contributed by atoms with E-state index in [0.717, 1.165) is 5.56 Å². The van der Waals surface area contributed by atoms with Gasteiger partial charge in [0.1, 0.15) is 5.82 Å². The molecule has 0 unspecified atom stereocenters. The number of hydrogen-bond donors (Lipinski definition) is 3. The monoisotopic (exact) mass is 321 g/mol. The van der Waals surface area contributed by atoms with Crippen LogP contribution in [0.4, 0.5) is 17.5 Å². The van der Waals surface area contributed by atoms with E-state index < -0.39 is 10.0 Å². The van der Waals surface area contributed by atoms with Crippen molar-refractivity contribution in [1.82, 2.24) is 9.97 Å². The molecule has 2 rings (SSSR count). The molecule has 0 atom stereocenters. The number of primary sulfonamides is 1. The van der Waals surface area contributed by atoms with Gasteiger partial charge in [-0.3, -0.25) is 0 Å². The van der Waals surface area contributed by atoms with Crippen LogP contribution in [0.1, 0.15) is 19.4 Å². The van der Waals surface area contributed by atoms with Gasteiger partial charge < -0.3 is 10.6 Å². The number of rotatable bonds is 5. The molecule has 7 nitrogen and oxygen atoms in total. The van der Waals surface area contributed by atoms with E-state index >= 15 is 0 Å². The van der Waals surface area contributed by atoms with Crippen molar-refractivity contribution in [2.24, 2.45) is 5.14 Å². The molecule has 1 heterocycles. The molecule has 0 aliphatic carbocycles. The molecule has 0 saturated carbocycles. The van der Waals surface area contributed by atoms with Crippen LogP contribution in [0.2, 0.25) is 0 Å². The van der Waals surface area contributed by atoms with Crippen molar-refractivity contribution in [2.75, 3.05) is 10.6 Å². The van der Waals surface area contributed by atoms with Gasteiger partial charge in [-0.05, 0) is 39.0 Å². The van der Waals surface area contributed by atoms with Crippen LogP contribution >= 0.6 is 0 Å². The van der Waals surface area contributed by atoms with Gasteiger partial charge in [-0.25, -0.2) is 18.5 Å². The number of nitrogens with zero attached hydrogens (tertiary/aromatic N) is 2. The van der Waals surface area contributed by atoms with E-state index in [9.17, 15) is 8.42 Å². The molecular formula is C14H19N5O2S. The average Bonchev–Trinajstić information content (AvgIpc) is 2.41. The minimum Gasteiger partial charge on any atom is -0.352 e. The van der Waals surface area contributed by atoms with E-state index in [4.69, 9.17) is 5.14 Å². The number of hydrogen-bond acceptors (Lipinski definition) is 6. The molecule has 0 fully saturated rings. The number of anilines is 3. The first-order valence-corrected chi connectivity index (χ1v) is 8.30. The molecule has 22 heavy (non-hydrogen) atoms. The zero-order valence-electron chi connectivity index (χ0n) is 12.7. The van der Waals surface area contributed by atoms with Crippen LogP contribution in [0, 0.1) is 6.92 Å². The number of nitrogens with one attached hydrogen (secondary N) is 2. The lowest BCUT2D eigenvalue weighted by Crippen LogP contribution is -2.14. The third-order valence-corrected chi connectivity index (χ3v) is 3.73. The van der Waals surface area contributed by atoms with Crippen molar-refractivity contribution in [3.63, 3.8) is 0 Å². The van der Waals surface area contributed by atoms with Crippen LogP contribution < -0.4 is 15.8 Å². The topological polar surface area (TPSA) is 110 Å². The second-order valence-corrected chi connectivity index (χ2v) is 6.78. The summed E-state index contributed by atoms with van der Waals surface area (Å²) in [7, 11) is -3.74. The van der Waals surface area contributed by atoms with E-state index in [1.807, 2.05) is 20.8 Å². The van der Waals surface area contributed by atoms with Gasteiger partial charge >= 0.3 is 0 Å². The molecule has 1 aromatic heterocycles. The minimum atomic E-state index is -3.74. The van der Waals surface area contributed by atoms with E-state index in [2.05, 4.69) is 20.6 Å². The summed E-state index contributed by atoms with van der Waals surface area (Å²) in [5.74, 6) is 1.11. The lowest BCUT2D eigenvalue weighted by atomic mass is 10.3. The van der Waals surface area contributed by atoms with Gasteiger partial charge in [0, 0.05) is 23.5 Å². The predicted molar refractivity (Wildman–Crippen MR) is 86.6 cm³/mol. The molecule has 2 aromatic rings. The molecule has 0 radical (unpaired) electrons. The predicted octanol–water partition coefficient (Wildman–Crippen LogP) is 2.00. The normalized spacial score (nSPS) is 11.5. The fraction of sp³-hybridized carbons (Fsp3) is 0.286. The molecule has 0 aliphatic heterocycles. The molecule has 0 bridgehead atoms. The van der Waals surface area contributed by atoms with E-state index in [1.54, 1.807) is 18.3 Å². The lowest BCUT2D eigenvalue weighted by molar-refractivity contribution is 0.598. The zero-order valence-corrected chi connectivity index (χ0v) is 13.5. The third kappa shape index (κ3) is 4.15. The lowest BCUT2D eigenvalue weighted by Gasteiger charge is -2.13. The molecule has 0 aliphatic rings. The summed E-state index contributed by atoms with van der Waals surface area (Å²) in [6.07, 6.45) is 1.70. The van der Waals surface area contributed by atoms with Crippen molar-refractivity contribution in [3.8, 4) is 0 Å². The number of benzene rings is 1. The molecule has 0 spiro atoms. The Morgan fingerprint density at radius 3 is 2.64 bits per heavy atom. The zero-order chi connectivity index (χ0) is 16.3. The summed E-state index contributed by atoms with van der Waals surface area (Å²) in [5, 5.41) is 11.3. The largest absolute Gasteiger partial charge is 0.352 e. The van der Waals surface area contributed by atoms with Gasteiger partial charge in [0.25, 0.3) is 0 Å². The maximum atomic E-state index is 11.4. The Bertz CT molecular complexity index is 775. The quantitative estimate of drug-likeness (QED) is 0.777. The van der Waals surface area contributed by atoms with Crippen LogP contribution in [0.25, 0.3) is 0 Å². The van der Waals surface area contributed by atoms with Crippen molar-refractivity contribution in [1.29, 1.82) is 0 Å². The second-order valence-electron chi connectivity index (χ2n) is 5.22. The SMILES string of the molecule is Cc1cnc(NC(C)C)nc1Nc1cccc(S(N)(=O)=O)c1. The Morgan fingerprint density at radius 2 is 2.00 bits per heavy atom. The van der Waals surface area contributed by atoms with Gasteiger partial charge in [-0.2, -0.15) is 4.98 Å². The molecule has 0 saturated heterocycles. The molecule has 1 aromatic carbocycles. The Kier molecular flexibility index (Phi) is 4.62. The highest BCUT2D eigenvalue weighted by Gasteiger charge is 2.10. The molecule has 118 valence electrons. The molecule has 8 heteroatoms. The van der Waals surface area contributed by atoms with Gasteiger partial charge in [0.05, 0.1) is 4.90 Å². The molecule has 4 N–H and O–H groups in total. The van der Waals surface area contributed by atoms with Crippen LogP contribution in [0.15, 0.2) is 35.4 Å². The highest BCUT2D eigenvalue weighted by molar-refractivity contribution is 7.89. The number of aryl methyl sites for hydroxylation is 1. The van der Waals surface area contributed by atoms with Crippen LogP contribution in [0.3, 0.4) is 0 Å². The van der Waals surface area contributed by atoms with Crippen molar-refractivity contribution in [3.05, 3.63) is 36.0 Å². The number of nitrogens with two attached hydrogens (primary N) is 1. The number of aromatic nitrogens is 2. The van der Waals surface area contributed by atoms with Gasteiger partial charge in [0.15, 0.2) is 0 Å². The third-order valence-electron chi connectivity index (χ3n) is 2.81. The van der Waals surface area contributed by atoms with Gasteiger partial charge in [0.2, 0.25) is 16.0 Å². The smallest absolute Gasteiger partial charge is 0.238 e. The summed E-state index contributed by atoms with van der Waals surface area (Å²) in [5.41, 5.74) is 1.43. The molecule has 0 amide bonds. The van der Waals surface area contributed by atoms with E-state index in [1.165, 1.54) is 12.1 Å². The maximum absolute atomic E-state index is 11.4. The minimum absolute atomic E-state index is 0.0461. The first-order chi connectivity index (χ1) is 10.3. The standard InChI is InChI=1S/C14H19N5O2S/c1-9(2)17-14-16-8-10(3)13(19-14)18-11-5-4-6-12(7-11)22(15,20)21/h4-9H,1-3H3,(H2,15,20,21)(H2,16,17,18,19). The Labute approximate surface area is 130 Å². The van der Waals surface area contributed by atoms with Gasteiger partial charge in [-0.15, -0.1) is 0 Å². The van der Waals surface area contributed by atoms with Crippen molar-refractivity contribution >= 4 is 27.5 Å². The summed E-state index contributed by atoms with van der Waals surface area (Å²) >= 11 is 0. The van der Waals surface area contributed by atoms with Crippen LogP contribution in [0.5, 0.6) is 0 Å². The fourth-order valence-electron chi connectivity index (χ4n) is 1.78. The van der Waals surface area contributed by atoms with Crippen molar-refractivity contribution in [2.45, 2.75) is 31.7 Å². The highest BCUT2D eigenvalue weighted by atomic mass is 32.2. The number of sulfonamides is 1.